The fourth-order valence-electron chi connectivity index (χ4n) is 1.23. The lowest BCUT2D eigenvalue weighted by Crippen LogP contribution is -1.92. The predicted octanol–water partition coefficient (Wildman–Crippen LogP) is 3.22. The van der Waals surface area contributed by atoms with Crippen molar-refractivity contribution in [3.63, 3.8) is 0 Å². The molecule has 0 aromatic heterocycles. The summed E-state index contributed by atoms with van der Waals surface area (Å²) in [4.78, 5) is 10.5. The first kappa shape index (κ1) is 10.2. The Morgan fingerprint density at radius 2 is 2.31 bits per heavy atom. The Morgan fingerprint density at radius 1 is 1.62 bits per heavy atom. The van der Waals surface area contributed by atoms with E-state index in [1.54, 1.807) is 0 Å². The number of carbonyl (C=O) groups is 1. The summed E-state index contributed by atoms with van der Waals surface area (Å²) in [6.45, 7) is 5.76. The molecule has 0 N–H and O–H groups in total. The summed E-state index contributed by atoms with van der Waals surface area (Å²) in [5.74, 6) is 0. The minimum Gasteiger partial charge on any atom is -0.298 e. The van der Waals surface area contributed by atoms with Gasteiger partial charge in [0.15, 0.2) is 0 Å². The van der Waals surface area contributed by atoms with Crippen molar-refractivity contribution in [1.82, 2.24) is 0 Å². The van der Waals surface area contributed by atoms with Gasteiger partial charge < -0.3 is 0 Å². The molecule has 0 amide bonds. The van der Waals surface area contributed by atoms with E-state index in [1.807, 2.05) is 18.2 Å². The fourth-order valence-corrected chi connectivity index (χ4v) is 1.64. The molecule has 0 radical (unpaired) electrons. The Hall–Kier alpha value is -0.890. The van der Waals surface area contributed by atoms with Crippen molar-refractivity contribution in [3.05, 3.63) is 40.4 Å². The van der Waals surface area contributed by atoms with Gasteiger partial charge in [-0.3, -0.25) is 4.79 Å². The lowest BCUT2D eigenvalue weighted by atomic mass is 10.0. The second-order valence-electron chi connectivity index (χ2n) is 2.80. The van der Waals surface area contributed by atoms with Crippen LogP contribution >= 0.6 is 15.9 Å². The highest BCUT2D eigenvalue weighted by atomic mass is 79.9. The maximum atomic E-state index is 10.5. The van der Waals surface area contributed by atoms with Gasteiger partial charge in [0.2, 0.25) is 0 Å². The van der Waals surface area contributed by atoms with Crippen molar-refractivity contribution in [1.29, 1.82) is 0 Å². The summed E-state index contributed by atoms with van der Waals surface area (Å²) in [6.07, 6.45) is 1.70. The number of hydrogen-bond acceptors (Lipinski definition) is 1. The number of benzene rings is 1. The lowest BCUT2D eigenvalue weighted by molar-refractivity contribution is -0.103. The summed E-state index contributed by atoms with van der Waals surface area (Å²) in [7, 11) is 0. The quantitative estimate of drug-likeness (QED) is 0.584. The van der Waals surface area contributed by atoms with Crippen molar-refractivity contribution in [3.8, 4) is 0 Å². The van der Waals surface area contributed by atoms with Crippen molar-refractivity contribution >= 4 is 27.8 Å². The number of aryl methyl sites for hydroxylation is 1. The highest BCUT2D eigenvalue weighted by molar-refractivity contribution is 9.10. The van der Waals surface area contributed by atoms with Crippen LogP contribution in [-0.2, 0) is 11.2 Å². The van der Waals surface area contributed by atoms with Crippen LogP contribution < -0.4 is 0 Å². The third-order valence-corrected chi connectivity index (χ3v) is 2.43. The van der Waals surface area contributed by atoms with E-state index < -0.39 is 0 Å². The summed E-state index contributed by atoms with van der Waals surface area (Å²) in [5, 5.41) is 0. The molecule has 0 spiro atoms. The molecule has 0 unspecified atom stereocenters. The molecule has 0 fully saturated rings. The maximum Gasteiger partial charge on any atom is 0.150 e. The van der Waals surface area contributed by atoms with Crippen molar-refractivity contribution in [2.75, 3.05) is 0 Å². The van der Waals surface area contributed by atoms with Gasteiger partial charge in [-0.1, -0.05) is 35.5 Å². The van der Waals surface area contributed by atoms with Gasteiger partial charge in [0.25, 0.3) is 0 Å². The van der Waals surface area contributed by atoms with Crippen LogP contribution in [0.5, 0.6) is 0 Å². The Bertz CT molecular complexity index is 342. The molecule has 1 nitrogen and oxygen atoms in total. The Morgan fingerprint density at radius 3 is 2.85 bits per heavy atom. The summed E-state index contributed by atoms with van der Waals surface area (Å²) < 4.78 is 1.03. The zero-order chi connectivity index (χ0) is 9.84. The summed E-state index contributed by atoms with van der Waals surface area (Å²) >= 11 is 3.39. The number of hydrogen-bond donors (Lipinski definition) is 0. The molecule has 68 valence electrons. The van der Waals surface area contributed by atoms with Crippen LogP contribution in [0.2, 0.25) is 0 Å². The zero-order valence-corrected chi connectivity index (χ0v) is 9.10. The van der Waals surface area contributed by atoms with E-state index in [-0.39, 0.29) is 0 Å². The standard InChI is InChI=1S/C11H11BrO/c1-3-9-6-10(12)4-5-11(9)8(2)7-13/h4-7H,2-3H2,1H3. The maximum absolute atomic E-state index is 10.5. The Kier molecular flexibility index (Phi) is 3.43. The molecule has 0 saturated carbocycles. The van der Waals surface area contributed by atoms with Crippen LogP contribution in [0.3, 0.4) is 0 Å². The topological polar surface area (TPSA) is 17.1 Å². The number of aldehydes is 1. The van der Waals surface area contributed by atoms with Crippen molar-refractivity contribution in [2.24, 2.45) is 0 Å². The van der Waals surface area contributed by atoms with E-state index in [9.17, 15) is 4.79 Å². The smallest absolute Gasteiger partial charge is 0.150 e. The predicted molar refractivity (Wildman–Crippen MR) is 58.6 cm³/mol. The van der Waals surface area contributed by atoms with E-state index in [0.717, 1.165) is 28.3 Å². The van der Waals surface area contributed by atoms with Crippen LogP contribution in [0, 0.1) is 0 Å². The number of halogens is 1. The third kappa shape index (κ3) is 2.28. The van der Waals surface area contributed by atoms with Crippen LogP contribution in [0.15, 0.2) is 29.3 Å². The molecule has 0 aliphatic rings. The van der Waals surface area contributed by atoms with Gasteiger partial charge in [0.1, 0.15) is 6.29 Å². The lowest BCUT2D eigenvalue weighted by Gasteiger charge is -2.06. The van der Waals surface area contributed by atoms with E-state index in [1.165, 1.54) is 0 Å². The molecule has 1 aromatic carbocycles. The van der Waals surface area contributed by atoms with Crippen LogP contribution in [-0.4, -0.2) is 6.29 Å². The summed E-state index contributed by atoms with van der Waals surface area (Å²) in [5.41, 5.74) is 2.64. The van der Waals surface area contributed by atoms with Crippen molar-refractivity contribution in [2.45, 2.75) is 13.3 Å². The Balaban J connectivity index is 3.20. The minimum atomic E-state index is 0.546. The molecule has 0 atom stereocenters. The van der Waals surface area contributed by atoms with Crippen LogP contribution in [0.1, 0.15) is 18.1 Å². The highest BCUT2D eigenvalue weighted by Gasteiger charge is 2.03. The van der Waals surface area contributed by atoms with E-state index in [4.69, 9.17) is 0 Å². The minimum absolute atomic E-state index is 0.546. The van der Waals surface area contributed by atoms with Gasteiger partial charge in [0.05, 0.1) is 0 Å². The first-order valence-electron chi connectivity index (χ1n) is 4.12. The molecule has 1 aromatic rings. The number of rotatable bonds is 3. The molecular weight excluding hydrogens is 228 g/mol. The molecule has 0 aliphatic heterocycles. The van der Waals surface area contributed by atoms with Crippen LogP contribution in [0.4, 0.5) is 0 Å². The average Bonchev–Trinajstić information content (AvgIpc) is 2.16. The third-order valence-electron chi connectivity index (χ3n) is 1.94. The molecule has 1 rings (SSSR count). The van der Waals surface area contributed by atoms with Gasteiger partial charge in [0, 0.05) is 10.0 Å². The average molecular weight is 239 g/mol. The van der Waals surface area contributed by atoms with Crippen molar-refractivity contribution < 1.29 is 4.79 Å². The highest BCUT2D eigenvalue weighted by Crippen LogP contribution is 2.21. The molecule has 0 saturated heterocycles. The molecular formula is C11H11BrO. The summed E-state index contributed by atoms with van der Waals surface area (Å²) in [6, 6.07) is 5.85. The van der Waals surface area contributed by atoms with Crippen LogP contribution in [0.25, 0.3) is 5.57 Å². The van der Waals surface area contributed by atoms with Gasteiger partial charge in [-0.05, 0) is 29.7 Å². The van der Waals surface area contributed by atoms with Gasteiger partial charge >= 0.3 is 0 Å². The first-order chi connectivity index (χ1) is 6.19. The SMILES string of the molecule is C=C(C=O)c1ccc(Br)cc1CC. The molecule has 2 heteroatoms. The normalized spacial score (nSPS) is 9.69. The monoisotopic (exact) mass is 238 g/mol. The largest absolute Gasteiger partial charge is 0.298 e. The second kappa shape index (κ2) is 4.38. The second-order valence-corrected chi connectivity index (χ2v) is 3.71. The van der Waals surface area contributed by atoms with Gasteiger partial charge in [-0.25, -0.2) is 0 Å². The van der Waals surface area contributed by atoms with E-state index in [2.05, 4.69) is 29.4 Å². The molecule has 13 heavy (non-hydrogen) atoms. The molecule has 0 heterocycles. The zero-order valence-electron chi connectivity index (χ0n) is 7.51. The number of carbonyl (C=O) groups excluding carboxylic acids is 1. The van der Waals surface area contributed by atoms with E-state index in [0.29, 0.717) is 5.57 Å². The van der Waals surface area contributed by atoms with Gasteiger partial charge in [-0.15, -0.1) is 0 Å². The fraction of sp³-hybridized carbons (Fsp3) is 0.182. The molecule has 0 bridgehead atoms. The number of allylic oxidation sites excluding steroid dienone is 1. The molecule has 0 aliphatic carbocycles. The first-order valence-corrected chi connectivity index (χ1v) is 4.91. The van der Waals surface area contributed by atoms with E-state index >= 15 is 0 Å². The van der Waals surface area contributed by atoms with Gasteiger partial charge in [-0.2, -0.15) is 0 Å². The Labute approximate surface area is 86.6 Å².